The van der Waals surface area contributed by atoms with E-state index in [1.165, 1.54) is 31.7 Å². The Hall–Kier alpha value is 0.270. The maximum Gasteiger partial charge on any atom is 0.00553 e. The van der Waals surface area contributed by atoms with Gasteiger partial charge in [-0.2, -0.15) is 11.8 Å². The van der Waals surface area contributed by atoms with Crippen LogP contribution in [0.2, 0.25) is 0 Å². The Morgan fingerprint density at radius 2 is 1.92 bits per heavy atom. The predicted octanol–water partition coefficient (Wildman–Crippen LogP) is 1.28. The highest BCUT2D eigenvalue weighted by atomic mass is 32.2. The van der Waals surface area contributed by atoms with Crippen molar-refractivity contribution < 1.29 is 0 Å². The van der Waals surface area contributed by atoms with Gasteiger partial charge in [-0.1, -0.05) is 0 Å². The molecule has 0 aliphatic carbocycles. The summed E-state index contributed by atoms with van der Waals surface area (Å²) < 4.78 is 0. The number of hydrogen-bond donors (Lipinski definition) is 1. The van der Waals surface area contributed by atoms with E-state index in [1.54, 1.807) is 0 Å². The van der Waals surface area contributed by atoms with Crippen molar-refractivity contribution in [2.75, 3.05) is 45.7 Å². The molecule has 2 nitrogen and oxygen atoms in total. The van der Waals surface area contributed by atoms with Crippen molar-refractivity contribution in [1.29, 1.82) is 0 Å². The summed E-state index contributed by atoms with van der Waals surface area (Å²) in [7, 11) is 4.25. The van der Waals surface area contributed by atoms with E-state index in [-0.39, 0.29) is 0 Å². The molecule has 0 heterocycles. The standard InChI is InChI=1S/C9H22N2S/c1-11(2)8-5-4-6-10-7-9-12-3/h10H,4-9H2,1-3H3. The van der Waals surface area contributed by atoms with Crippen molar-refractivity contribution in [3.63, 3.8) is 0 Å². The largest absolute Gasteiger partial charge is 0.316 e. The average molecular weight is 190 g/mol. The van der Waals surface area contributed by atoms with Crippen molar-refractivity contribution >= 4 is 11.8 Å². The van der Waals surface area contributed by atoms with Gasteiger partial charge in [-0.05, 0) is 46.3 Å². The first kappa shape index (κ1) is 12.3. The lowest BCUT2D eigenvalue weighted by atomic mass is 10.3. The first-order chi connectivity index (χ1) is 5.77. The zero-order chi connectivity index (χ0) is 9.23. The monoisotopic (exact) mass is 190 g/mol. The Labute approximate surface area is 81.1 Å². The molecule has 3 heteroatoms. The van der Waals surface area contributed by atoms with E-state index >= 15 is 0 Å². The minimum absolute atomic E-state index is 1.16. The van der Waals surface area contributed by atoms with E-state index < -0.39 is 0 Å². The molecule has 0 saturated heterocycles. The van der Waals surface area contributed by atoms with Gasteiger partial charge in [0.1, 0.15) is 0 Å². The molecule has 0 unspecified atom stereocenters. The molecule has 0 aromatic rings. The van der Waals surface area contributed by atoms with E-state index in [0.29, 0.717) is 0 Å². The number of unbranched alkanes of at least 4 members (excludes halogenated alkanes) is 1. The van der Waals surface area contributed by atoms with Gasteiger partial charge in [0.15, 0.2) is 0 Å². The van der Waals surface area contributed by atoms with Crippen LogP contribution in [0.1, 0.15) is 12.8 Å². The van der Waals surface area contributed by atoms with Gasteiger partial charge in [0, 0.05) is 12.3 Å². The van der Waals surface area contributed by atoms with Crippen LogP contribution in [0.3, 0.4) is 0 Å². The number of nitrogens with zero attached hydrogens (tertiary/aromatic N) is 1. The highest BCUT2D eigenvalue weighted by Gasteiger charge is 1.90. The SMILES string of the molecule is CSCCNCCCCN(C)C. The second-order valence-corrected chi connectivity index (χ2v) is 4.24. The first-order valence-electron chi connectivity index (χ1n) is 4.61. The Bertz CT molecular complexity index is 86.6. The average Bonchev–Trinajstić information content (AvgIpc) is 2.02. The molecule has 12 heavy (non-hydrogen) atoms. The first-order valence-corrected chi connectivity index (χ1v) is 6.01. The summed E-state index contributed by atoms with van der Waals surface area (Å²) in [5.41, 5.74) is 0. The predicted molar refractivity (Wildman–Crippen MR) is 59.0 cm³/mol. The maximum atomic E-state index is 3.42. The fraction of sp³-hybridized carbons (Fsp3) is 1.00. The Balaban J connectivity index is 2.82. The lowest BCUT2D eigenvalue weighted by Gasteiger charge is -2.08. The van der Waals surface area contributed by atoms with E-state index in [0.717, 1.165) is 6.54 Å². The van der Waals surface area contributed by atoms with Crippen LogP contribution in [0.15, 0.2) is 0 Å². The van der Waals surface area contributed by atoms with Crippen LogP contribution in [-0.4, -0.2) is 50.6 Å². The third-order valence-electron chi connectivity index (χ3n) is 1.69. The van der Waals surface area contributed by atoms with Gasteiger partial charge >= 0.3 is 0 Å². The van der Waals surface area contributed by atoms with Gasteiger partial charge in [0.25, 0.3) is 0 Å². The van der Waals surface area contributed by atoms with Gasteiger partial charge in [0.05, 0.1) is 0 Å². The molecule has 0 aliphatic heterocycles. The maximum absolute atomic E-state index is 3.42. The molecule has 0 rings (SSSR count). The molecular formula is C9H22N2S. The summed E-state index contributed by atoms with van der Waals surface area (Å²) in [6.45, 7) is 3.54. The van der Waals surface area contributed by atoms with Gasteiger partial charge in [-0.25, -0.2) is 0 Å². The molecule has 0 amide bonds. The highest BCUT2D eigenvalue weighted by molar-refractivity contribution is 7.98. The topological polar surface area (TPSA) is 15.3 Å². The van der Waals surface area contributed by atoms with Crippen LogP contribution >= 0.6 is 11.8 Å². The normalized spacial score (nSPS) is 11.0. The summed E-state index contributed by atoms with van der Waals surface area (Å²) in [4.78, 5) is 2.24. The summed E-state index contributed by atoms with van der Waals surface area (Å²) in [6, 6.07) is 0. The lowest BCUT2D eigenvalue weighted by Crippen LogP contribution is -2.20. The van der Waals surface area contributed by atoms with E-state index in [2.05, 4.69) is 30.6 Å². The molecule has 0 atom stereocenters. The van der Waals surface area contributed by atoms with Gasteiger partial charge in [0.2, 0.25) is 0 Å². The third-order valence-corrected chi connectivity index (χ3v) is 2.30. The number of rotatable bonds is 8. The Morgan fingerprint density at radius 1 is 1.17 bits per heavy atom. The van der Waals surface area contributed by atoms with Crippen LogP contribution in [0, 0.1) is 0 Å². The molecule has 0 saturated carbocycles. The zero-order valence-electron chi connectivity index (χ0n) is 8.60. The molecule has 0 fully saturated rings. The molecule has 74 valence electrons. The third kappa shape index (κ3) is 10.3. The van der Waals surface area contributed by atoms with Crippen LogP contribution < -0.4 is 5.32 Å². The van der Waals surface area contributed by atoms with Crippen molar-refractivity contribution in [2.24, 2.45) is 0 Å². The minimum atomic E-state index is 1.16. The summed E-state index contributed by atoms with van der Waals surface area (Å²) in [5, 5.41) is 3.42. The number of hydrogen-bond acceptors (Lipinski definition) is 3. The summed E-state index contributed by atoms with van der Waals surface area (Å²) in [5.74, 6) is 1.23. The highest BCUT2D eigenvalue weighted by Crippen LogP contribution is 1.90. The molecule has 0 aromatic carbocycles. The fourth-order valence-corrected chi connectivity index (χ4v) is 1.33. The molecule has 0 aromatic heterocycles. The lowest BCUT2D eigenvalue weighted by molar-refractivity contribution is 0.392. The molecular weight excluding hydrogens is 168 g/mol. The second kappa shape index (κ2) is 9.36. The van der Waals surface area contributed by atoms with Crippen LogP contribution in [0.25, 0.3) is 0 Å². The molecule has 0 aliphatic rings. The second-order valence-electron chi connectivity index (χ2n) is 3.25. The van der Waals surface area contributed by atoms with Crippen molar-refractivity contribution in [1.82, 2.24) is 10.2 Å². The molecule has 0 radical (unpaired) electrons. The van der Waals surface area contributed by atoms with E-state index in [1.807, 2.05) is 11.8 Å². The quantitative estimate of drug-likeness (QED) is 0.581. The summed E-state index contributed by atoms with van der Waals surface area (Å²) in [6.07, 6.45) is 4.75. The van der Waals surface area contributed by atoms with Crippen molar-refractivity contribution in [3.05, 3.63) is 0 Å². The Kier molecular flexibility index (Phi) is 9.57. The fourth-order valence-electron chi connectivity index (χ4n) is 0.977. The van der Waals surface area contributed by atoms with Crippen LogP contribution in [0.5, 0.6) is 0 Å². The number of nitrogens with one attached hydrogen (secondary N) is 1. The van der Waals surface area contributed by atoms with E-state index in [4.69, 9.17) is 0 Å². The van der Waals surface area contributed by atoms with Crippen LogP contribution in [-0.2, 0) is 0 Å². The van der Waals surface area contributed by atoms with Crippen molar-refractivity contribution in [2.45, 2.75) is 12.8 Å². The summed E-state index contributed by atoms with van der Waals surface area (Å²) >= 11 is 1.90. The smallest absolute Gasteiger partial charge is 0.00553 e. The van der Waals surface area contributed by atoms with Gasteiger partial charge < -0.3 is 10.2 Å². The number of thioether (sulfide) groups is 1. The molecule has 0 spiro atoms. The van der Waals surface area contributed by atoms with Crippen molar-refractivity contribution in [3.8, 4) is 0 Å². The zero-order valence-corrected chi connectivity index (χ0v) is 9.41. The molecule has 1 N–H and O–H groups in total. The van der Waals surface area contributed by atoms with Gasteiger partial charge in [-0.3, -0.25) is 0 Å². The Morgan fingerprint density at radius 3 is 2.50 bits per heavy atom. The minimum Gasteiger partial charge on any atom is -0.316 e. The van der Waals surface area contributed by atoms with Crippen LogP contribution in [0.4, 0.5) is 0 Å². The van der Waals surface area contributed by atoms with Gasteiger partial charge in [-0.15, -0.1) is 0 Å². The van der Waals surface area contributed by atoms with E-state index in [9.17, 15) is 0 Å². The molecule has 0 bridgehead atoms.